The number of nitrogens with zero attached hydrogens (tertiary/aromatic N) is 2. The summed E-state index contributed by atoms with van der Waals surface area (Å²) in [5.41, 5.74) is 5.91. The molecule has 2 aromatic carbocycles. The SMILES string of the molecule is O=C1NCCc2nc(-c3ccccc3)cc(Nc3cccc4ncccc34)c21. The number of carbonyl (C=O) groups excluding carboxylic acids is 1. The molecule has 1 aliphatic rings. The zero-order valence-electron chi connectivity index (χ0n) is 15.1. The lowest BCUT2D eigenvalue weighted by Crippen LogP contribution is -2.33. The predicted octanol–water partition coefficient (Wildman–Crippen LogP) is 4.33. The monoisotopic (exact) mass is 366 g/mol. The number of amides is 1. The molecule has 0 fully saturated rings. The molecule has 0 atom stereocenters. The first-order chi connectivity index (χ1) is 13.8. The first-order valence-electron chi connectivity index (χ1n) is 9.28. The molecule has 0 unspecified atom stereocenters. The van der Waals surface area contributed by atoms with Crippen molar-refractivity contribution in [1.82, 2.24) is 15.3 Å². The molecule has 5 rings (SSSR count). The van der Waals surface area contributed by atoms with Gasteiger partial charge in [-0.1, -0.05) is 36.4 Å². The van der Waals surface area contributed by atoms with E-state index in [0.29, 0.717) is 18.5 Å². The van der Waals surface area contributed by atoms with Gasteiger partial charge in [0, 0.05) is 35.8 Å². The number of hydrogen-bond donors (Lipinski definition) is 2. The van der Waals surface area contributed by atoms with E-state index >= 15 is 0 Å². The minimum atomic E-state index is -0.0887. The maximum absolute atomic E-state index is 12.6. The van der Waals surface area contributed by atoms with Crippen LogP contribution in [0.3, 0.4) is 0 Å². The highest BCUT2D eigenvalue weighted by molar-refractivity contribution is 6.04. The second kappa shape index (κ2) is 6.78. The van der Waals surface area contributed by atoms with Gasteiger partial charge >= 0.3 is 0 Å². The molecule has 0 radical (unpaired) electrons. The van der Waals surface area contributed by atoms with Crippen LogP contribution in [0.5, 0.6) is 0 Å². The molecule has 3 heterocycles. The molecule has 2 aromatic heterocycles. The van der Waals surface area contributed by atoms with Gasteiger partial charge in [0.15, 0.2) is 0 Å². The van der Waals surface area contributed by atoms with E-state index in [2.05, 4.69) is 15.6 Å². The summed E-state index contributed by atoms with van der Waals surface area (Å²) in [5.74, 6) is -0.0887. The number of pyridine rings is 2. The van der Waals surface area contributed by atoms with Crippen LogP contribution in [0.4, 0.5) is 11.4 Å². The topological polar surface area (TPSA) is 66.9 Å². The maximum Gasteiger partial charge on any atom is 0.255 e. The van der Waals surface area contributed by atoms with Crippen LogP contribution in [-0.2, 0) is 6.42 Å². The average Bonchev–Trinajstić information content (AvgIpc) is 2.74. The standard InChI is InChI=1S/C23H18N4O/c28-23-22-19(11-13-25-23)27-20(15-6-2-1-3-7-15)14-21(22)26-18-10-4-9-17-16(18)8-5-12-24-17/h1-10,12,14H,11,13H2,(H,25,28)(H,26,27). The Morgan fingerprint density at radius 3 is 2.71 bits per heavy atom. The van der Waals surface area contributed by atoms with Gasteiger partial charge in [0.2, 0.25) is 0 Å². The first kappa shape index (κ1) is 16.4. The third-order valence-corrected chi connectivity index (χ3v) is 4.95. The Morgan fingerprint density at radius 2 is 1.82 bits per heavy atom. The first-order valence-corrected chi connectivity index (χ1v) is 9.28. The Balaban J connectivity index is 1.68. The molecule has 5 heteroatoms. The van der Waals surface area contributed by atoms with Crippen LogP contribution in [0.15, 0.2) is 72.9 Å². The molecular formula is C23H18N4O. The highest BCUT2D eigenvalue weighted by Gasteiger charge is 2.23. The molecule has 2 N–H and O–H groups in total. The molecular weight excluding hydrogens is 348 g/mol. The lowest BCUT2D eigenvalue weighted by Gasteiger charge is -2.21. The smallest absolute Gasteiger partial charge is 0.255 e. The molecule has 1 aliphatic heterocycles. The van der Waals surface area contributed by atoms with Gasteiger partial charge in [0.05, 0.1) is 28.2 Å². The highest BCUT2D eigenvalue weighted by Crippen LogP contribution is 2.32. The summed E-state index contributed by atoms with van der Waals surface area (Å²) >= 11 is 0. The van der Waals surface area contributed by atoms with E-state index in [9.17, 15) is 4.79 Å². The van der Waals surface area contributed by atoms with Crippen molar-refractivity contribution in [3.05, 3.63) is 84.2 Å². The number of carbonyl (C=O) groups is 1. The van der Waals surface area contributed by atoms with Crippen molar-refractivity contribution in [3.63, 3.8) is 0 Å². The van der Waals surface area contributed by atoms with Crippen molar-refractivity contribution in [3.8, 4) is 11.3 Å². The number of nitrogens with one attached hydrogen (secondary N) is 2. The molecule has 0 aliphatic carbocycles. The molecule has 1 amide bonds. The summed E-state index contributed by atoms with van der Waals surface area (Å²) in [5, 5.41) is 7.41. The van der Waals surface area contributed by atoms with Gasteiger partial charge in [-0.25, -0.2) is 0 Å². The van der Waals surface area contributed by atoms with Crippen LogP contribution in [0.25, 0.3) is 22.2 Å². The van der Waals surface area contributed by atoms with Crippen molar-refractivity contribution in [2.75, 3.05) is 11.9 Å². The molecule has 0 spiro atoms. The van der Waals surface area contributed by atoms with E-state index in [1.807, 2.05) is 66.7 Å². The second-order valence-corrected chi connectivity index (χ2v) is 6.75. The number of benzene rings is 2. The van der Waals surface area contributed by atoms with E-state index in [1.54, 1.807) is 6.20 Å². The zero-order chi connectivity index (χ0) is 18.9. The van der Waals surface area contributed by atoms with E-state index in [1.165, 1.54) is 0 Å². The fraction of sp³-hybridized carbons (Fsp3) is 0.0870. The third kappa shape index (κ3) is 2.87. The summed E-state index contributed by atoms with van der Waals surface area (Å²) in [6, 6.07) is 21.9. The summed E-state index contributed by atoms with van der Waals surface area (Å²) in [4.78, 5) is 21.8. The maximum atomic E-state index is 12.6. The Hall–Kier alpha value is -3.73. The van der Waals surface area contributed by atoms with Crippen LogP contribution >= 0.6 is 0 Å². The van der Waals surface area contributed by atoms with Crippen LogP contribution < -0.4 is 10.6 Å². The van der Waals surface area contributed by atoms with E-state index < -0.39 is 0 Å². The van der Waals surface area contributed by atoms with Gasteiger partial charge in [-0.05, 0) is 30.3 Å². The van der Waals surface area contributed by atoms with Gasteiger partial charge < -0.3 is 10.6 Å². The van der Waals surface area contributed by atoms with E-state index in [4.69, 9.17) is 4.98 Å². The lowest BCUT2D eigenvalue weighted by atomic mass is 10.0. The van der Waals surface area contributed by atoms with Crippen molar-refractivity contribution < 1.29 is 4.79 Å². The van der Waals surface area contributed by atoms with E-state index in [-0.39, 0.29) is 5.91 Å². The molecule has 136 valence electrons. The third-order valence-electron chi connectivity index (χ3n) is 4.95. The Bertz CT molecular complexity index is 1180. The number of fused-ring (bicyclic) bond motifs is 2. The summed E-state index contributed by atoms with van der Waals surface area (Å²) in [6.45, 7) is 0.606. The Labute approximate surface area is 162 Å². The lowest BCUT2D eigenvalue weighted by molar-refractivity contribution is 0.0946. The molecule has 0 saturated carbocycles. The molecule has 4 aromatic rings. The summed E-state index contributed by atoms with van der Waals surface area (Å²) < 4.78 is 0. The van der Waals surface area contributed by atoms with Gasteiger partial charge in [-0.3, -0.25) is 14.8 Å². The van der Waals surface area contributed by atoms with Crippen LogP contribution in [-0.4, -0.2) is 22.4 Å². The van der Waals surface area contributed by atoms with Crippen LogP contribution in [0.1, 0.15) is 16.1 Å². The quantitative estimate of drug-likeness (QED) is 0.566. The normalized spacial score (nSPS) is 13.1. The van der Waals surface area contributed by atoms with Gasteiger partial charge in [-0.2, -0.15) is 0 Å². The highest BCUT2D eigenvalue weighted by atomic mass is 16.1. The van der Waals surface area contributed by atoms with Crippen molar-refractivity contribution >= 4 is 28.2 Å². The number of anilines is 2. The number of aromatic nitrogens is 2. The van der Waals surface area contributed by atoms with Crippen LogP contribution in [0, 0.1) is 0 Å². The van der Waals surface area contributed by atoms with Gasteiger partial charge in [0.25, 0.3) is 5.91 Å². The summed E-state index contributed by atoms with van der Waals surface area (Å²) in [6.07, 6.45) is 2.49. The largest absolute Gasteiger partial charge is 0.354 e. The average molecular weight is 366 g/mol. The van der Waals surface area contributed by atoms with Gasteiger partial charge in [0.1, 0.15) is 0 Å². The van der Waals surface area contributed by atoms with Crippen molar-refractivity contribution in [1.29, 1.82) is 0 Å². The Morgan fingerprint density at radius 1 is 0.929 bits per heavy atom. The van der Waals surface area contributed by atoms with Gasteiger partial charge in [-0.15, -0.1) is 0 Å². The second-order valence-electron chi connectivity index (χ2n) is 6.75. The molecule has 0 bridgehead atoms. The fourth-order valence-electron chi connectivity index (χ4n) is 3.63. The fourth-order valence-corrected chi connectivity index (χ4v) is 3.63. The number of hydrogen-bond acceptors (Lipinski definition) is 4. The van der Waals surface area contributed by atoms with Crippen molar-refractivity contribution in [2.24, 2.45) is 0 Å². The molecule has 5 nitrogen and oxygen atoms in total. The van der Waals surface area contributed by atoms with E-state index in [0.717, 1.165) is 39.2 Å². The molecule has 0 saturated heterocycles. The van der Waals surface area contributed by atoms with Crippen molar-refractivity contribution in [2.45, 2.75) is 6.42 Å². The molecule has 28 heavy (non-hydrogen) atoms. The Kier molecular flexibility index (Phi) is 3.98. The van der Waals surface area contributed by atoms with Crippen LogP contribution in [0.2, 0.25) is 0 Å². The minimum absolute atomic E-state index is 0.0887. The minimum Gasteiger partial charge on any atom is -0.354 e. The zero-order valence-corrected chi connectivity index (χ0v) is 15.1. The summed E-state index contributed by atoms with van der Waals surface area (Å²) in [7, 11) is 0. The number of rotatable bonds is 3. The predicted molar refractivity (Wildman–Crippen MR) is 111 cm³/mol.